The van der Waals surface area contributed by atoms with E-state index in [0.717, 1.165) is 5.82 Å². The van der Waals surface area contributed by atoms with E-state index in [1.54, 1.807) is 30.7 Å². The predicted octanol–water partition coefficient (Wildman–Crippen LogP) is 0.237. The number of aliphatic hydroxyl groups excluding tert-OH is 1. The molecule has 3 N–H and O–H groups in total. The standard InChI is InChI=1S/C14H17N5O2/c1-9-15-5-6-19(9)13-11(3-2-4-16-13)18-14(21)12-7-10(20)8-17-12/h2-6,10,12,17,20H,7-8H2,1H3,(H,18,21). The number of aromatic nitrogens is 3. The van der Waals surface area contributed by atoms with Crippen molar-refractivity contribution < 1.29 is 9.90 Å². The summed E-state index contributed by atoms with van der Waals surface area (Å²) >= 11 is 0. The van der Waals surface area contributed by atoms with Crippen LogP contribution in [0.15, 0.2) is 30.7 Å². The molecule has 2 atom stereocenters. The minimum atomic E-state index is -0.468. The SMILES string of the molecule is Cc1nccn1-c1ncccc1NC(=O)C1CC(O)CN1. The third-order valence-corrected chi connectivity index (χ3v) is 3.52. The van der Waals surface area contributed by atoms with Crippen LogP contribution >= 0.6 is 0 Å². The van der Waals surface area contributed by atoms with Gasteiger partial charge < -0.3 is 15.7 Å². The van der Waals surface area contributed by atoms with Gasteiger partial charge in [0, 0.05) is 25.1 Å². The number of amides is 1. The highest BCUT2D eigenvalue weighted by molar-refractivity contribution is 5.96. The van der Waals surface area contributed by atoms with Gasteiger partial charge in [0.15, 0.2) is 5.82 Å². The lowest BCUT2D eigenvalue weighted by atomic mass is 10.2. The number of nitrogens with zero attached hydrogens (tertiary/aromatic N) is 3. The summed E-state index contributed by atoms with van der Waals surface area (Å²) in [5, 5.41) is 15.3. The van der Waals surface area contributed by atoms with E-state index >= 15 is 0 Å². The summed E-state index contributed by atoms with van der Waals surface area (Å²) < 4.78 is 1.81. The number of hydrogen-bond acceptors (Lipinski definition) is 5. The van der Waals surface area contributed by atoms with Crippen LogP contribution in [0, 0.1) is 6.92 Å². The molecule has 2 aromatic heterocycles. The maximum atomic E-state index is 12.2. The van der Waals surface area contributed by atoms with E-state index in [1.165, 1.54) is 0 Å². The van der Waals surface area contributed by atoms with Gasteiger partial charge in [0.1, 0.15) is 5.82 Å². The number of nitrogens with one attached hydrogen (secondary N) is 2. The Balaban J connectivity index is 1.83. The maximum absolute atomic E-state index is 12.2. The molecule has 0 bridgehead atoms. The number of imidazole rings is 1. The van der Waals surface area contributed by atoms with Gasteiger partial charge in [-0.15, -0.1) is 0 Å². The summed E-state index contributed by atoms with van der Waals surface area (Å²) in [7, 11) is 0. The van der Waals surface area contributed by atoms with E-state index in [9.17, 15) is 9.90 Å². The third kappa shape index (κ3) is 2.79. The zero-order chi connectivity index (χ0) is 14.8. The van der Waals surface area contributed by atoms with Gasteiger partial charge in [-0.25, -0.2) is 9.97 Å². The Labute approximate surface area is 122 Å². The van der Waals surface area contributed by atoms with Crippen LogP contribution in [0.2, 0.25) is 0 Å². The lowest BCUT2D eigenvalue weighted by molar-refractivity contribution is -0.117. The molecule has 1 aliphatic rings. The minimum Gasteiger partial charge on any atom is -0.392 e. The second-order valence-electron chi connectivity index (χ2n) is 5.06. The average molecular weight is 287 g/mol. The van der Waals surface area contributed by atoms with Gasteiger partial charge in [-0.2, -0.15) is 0 Å². The fraction of sp³-hybridized carbons (Fsp3) is 0.357. The Morgan fingerprint density at radius 3 is 3.00 bits per heavy atom. The largest absolute Gasteiger partial charge is 0.392 e. The number of rotatable bonds is 3. The van der Waals surface area contributed by atoms with Crippen molar-refractivity contribution in [3.8, 4) is 5.82 Å². The van der Waals surface area contributed by atoms with E-state index < -0.39 is 6.10 Å². The van der Waals surface area contributed by atoms with Gasteiger partial charge in [-0.05, 0) is 25.5 Å². The summed E-state index contributed by atoms with van der Waals surface area (Å²) in [5.74, 6) is 1.25. The molecule has 21 heavy (non-hydrogen) atoms. The topological polar surface area (TPSA) is 92.1 Å². The molecular formula is C14H17N5O2. The second-order valence-corrected chi connectivity index (χ2v) is 5.06. The Morgan fingerprint density at radius 1 is 1.48 bits per heavy atom. The fourth-order valence-electron chi connectivity index (χ4n) is 2.42. The van der Waals surface area contributed by atoms with Gasteiger partial charge >= 0.3 is 0 Å². The average Bonchev–Trinajstić information content (AvgIpc) is 3.08. The second kappa shape index (κ2) is 5.63. The lowest BCUT2D eigenvalue weighted by Crippen LogP contribution is -2.35. The number of carbonyl (C=O) groups excluding carboxylic acids is 1. The Morgan fingerprint density at radius 2 is 2.33 bits per heavy atom. The first-order valence-corrected chi connectivity index (χ1v) is 6.83. The van der Waals surface area contributed by atoms with E-state index in [-0.39, 0.29) is 11.9 Å². The molecule has 7 nitrogen and oxygen atoms in total. The van der Waals surface area contributed by atoms with Crippen molar-refractivity contribution in [2.45, 2.75) is 25.5 Å². The van der Waals surface area contributed by atoms with Crippen molar-refractivity contribution in [2.24, 2.45) is 0 Å². The number of β-amino-alcohol motifs (C(OH)–C–C–N with tert-alkyl or cyclic N) is 1. The van der Waals surface area contributed by atoms with Crippen LogP contribution in [0.25, 0.3) is 5.82 Å². The van der Waals surface area contributed by atoms with E-state index in [4.69, 9.17) is 0 Å². The van der Waals surface area contributed by atoms with Crippen molar-refractivity contribution in [1.29, 1.82) is 0 Å². The summed E-state index contributed by atoms with van der Waals surface area (Å²) in [5.41, 5.74) is 0.617. The summed E-state index contributed by atoms with van der Waals surface area (Å²) in [4.78, 5) is 20.7. The number of aliphatic hydroxyl groups is 1. The first-order valence-electron chi connectivity index (χ1n) is 6.83. The molecule has 1 fully saturated rings. The molecule has 2 aromatic rings. The zero-order valence-corrected chi connectivity index (χ0v) is 11.7. The molecule has 1 saturated heterocycles. The highest BCUT2D eigenvalue weighted by Crippen LogP contribution is 2.19. The first kappa shape index (κ1) is 13.7. The monoisotopic (exact) mass is 287 g/mol. The Bertz CT molecular complexity index is 654. The van der Waals surface area contributed by atoms with E-state index in [1.807, 2.05) is 11.5 Å². The van der Waals surface area contributed by atoms with Gasteiger partial charge in [0.25, 0.3) is 0 Å². The van der Waals surface area contributed by atoms with Crippen LogP contribution in [0.3, 0.4) is 0 Å². The molecule has 0 aliphatic carbocycles. The molecule has 3 heterocycles. The molecule has 1 aliphatic heterocycles. The van der Waals surface area contributed by atoms with E-state index in [2.05, 4.69) is 20.6 Å². The molecule has 0 spiro atoms. The molecular weight excluding hydrogens is 270 g/mol. The third-order valence-electron chi connectivity index (χ3n) is 3.52. The normalized spacial score (nSPS) is 21.4. The quantitative estimate of drug-likeness (QED) is 0.752. The van der Waals surface area contributed by atoms with Crippen molar-refractivity contribution in [3.63, 3.8) is 0 Å². The van der Waals surface area contributed by atoms with Crippen molar-refractivity contribution >= 4 is 11.6 Å². The molecule has 0 aromatic carbocycles. The molecule has 7 heteroatoms. The fourth-order valence-corrected chi connectivity index (χ4v) is 2.42. The molecule has 0 radical (unpaired) electrons. The zero-order valence-electron chi connectivity index (χ0n) is 11.7. The van der Waals surface area contributed by atoms with Gasteiger partial charge in [0.05, 0.1) is 17.8 Å². The van der Waals surface area contributed by atoms with Crippen LogP contribution in [-0.4, -0.2) is 44.2 Å². The van der Waals surface area contributed by atoms with Gasteiger partial charge in [0.2, 0.25) is 5.91 Å². The van der Waals surface area contributed by atoms with Crippen LogP contribution in [0.5, 0.6) is 0 Å². The molecule has 0 saturated carbocycles. The summed E-state index contributed by atoms with van der Waals surface area (Å²) in [6, 6.07) is 3.19. The highest BCUT2D eigenvalue weighted by Gasteiger charge is 2.28. The Hall–Kier alpha value is -2.25. The van der Waals surface area contributed by atoms with Crippen molar-refractivity contribution in [3.05, 3.63) is 36.5 Å². The summed E-state index contributed by atoms with van der Waals surface area (Å²) in [6.45, 7) is 2.31. The predicted molar refractivity (Wildman–Crippen MR) is 77.1 cm³/mol. The maximum Gasteiger partial charge on any atom is 0.241 e. The number of anilines is 1. The minimum absolute atomic E-state index is 0.168. The smallest absolute Gasteiger partial charge is 0.241 e. The number of carbonyl (C=O) groups is 1. The van der Waals surface area contributed by atoms with Crippen molar-refractivity contribution in [1.82, 2.24) is 19.9 Å². The Kier molecular flexibility index (Phi) is 3.68. The molecule has 3 rings (SSSR count). The summed E-state index contributed by atoms with van der Waals surface area (Å²) in [6.07, 6.45) is 5.10. The van der Waals surface area contributed by atoms with Crippen LogP contribution in [-0.2, 0) is 4.79 Å². The first-order chi connectivity index (χ1) is 10.1. The van der Waals surface area contributed by atoms with E-state index in [0.29, 0.717) is 24.5 Å². The molecule has 110 valence electrons. The van der Waals surface area contributed by atoms with Crippen LogP contribution in [0.4, 0.5) is 5.69 Å². The number of hydrogen-bond donors (Lipinski definition) is 3. The highest BCUT2D eigenvalue weighted by atomic mass is 16.3. The lowest BCUT2D eigenvalue weighted by Gasteiger charge is -2.14. The van der Waals surface area contributed by atoms with Gasteiger partial charge in [-0.3, -0.25) is 9.36 Å². The van der Waals surface area contributed by atoms with Crippen LogP contribution in [0.1, 0.15) is 12.2 Å². The number of pyridine rings is 1. The molecule has 1 amide bonds. The number of aryl methyl sites for hydroxylation is 1. The van der Waals surface area contributed by atoms with Crippen LogP contribution < -0.4 is 10.6 Å². The van der Waals surface area contributed by atoms with Crippen molar-refractivity contribution in [2.75, 3.05) is 11.9 Å². The molecule has 2 unspecified atom stereocenters. The van der Waals surface area contributed by atoms with Gasteiger partial charge in [-0.1, -0.05) is 0 Å².